The maximum Gasteiger partial charge on any atom is 0.120 e. The Labute approximate surface area is 63.2 Å². The Morgan fingerprint density at radius 2 is 1.90 bits per heavy atom. The van der Waals surface area contributed by atoms with Crippen LogP contribution in [-0.4, -0.2) is 30.8 Å². The van der Waals surface area contributed by atoms with Crippen molar-refractivity contribution >= 4 is 6.29 Å². The highest BCUT2D eigenvalue weighted by molar-refractivity contribution is 5.49. The van der Waals surface area contributed by atoms with Gasteiger partial charge < -0.3 is 9.69 Å². The molecule has 0 N–H and O–H groups in total. The lowest BCUT2D eigenvalue weighted by Gasteiger charge is -2.31. The molecule has 0 atom stereocenters. The molecule has 0 radical (unpaired) electrons. The lowest BCUT2D eigenvalue weighted by atomic mass is 9.98. The van der Waals surface area contributed by atoms with Crippen LogP contribution in [0.3, 0.4) is 0 Å². The SMILES string of the molecule is CN(C)C(C)(C)CCC=O. The molecule has 0 saturated heterocycles. The van der Waals surface area contributed by atoms with Gasteiger partial charge in [0.25, 0.3) is 0 Å². The molecule has 10 heavy (non-hydrogen) atoms. The molecule has 0 aliphatic rings. The maximum atomic E-state index is 10.1. The summed E-state index contributed by atoms with van der Waals surface area (Å²) in [6.07, 6.45) is 2.57. The summed E-state index contributed by atoms with van der Waals surface area (Å²) in [5, 5.41) is 0. The van der Waals surface area contributed by atoms with E-state index in [0.29, 0.717) is 6.42 Å². The Morgan fingerprint density at radius 3 is 2.20 bits per heavy atom. The zero-order valence-electron chi connectivity index (χ0n) is 7.35. The van der Waals surface area contributed by atoms with Crippen molar-refractivity contribution < 1.29 is 4.79 Å². The predicted octanol–water partition coefficient (Wildman–Crippen LogP) is 1.31. The van der Waals surface area contributed by atoms with Crippen LogP contribution >= 0.6 is 0 Å². The van der Waals surface area contributed by atoms with Crippen LogP contribution in [0.1, 0.15) is 26.7 Å². The van der Waals surface area contributed by atoms with Crippen LogP contribution in [0.4, 0.5) is 0 Å². The van der Waals surface area contributed by atoms with E-state index in [1.54, 1.807) is 0 Å². The van der Waals surface area contributed by atoms with Gasteiger partial charge in [0.15, 0.2) is 0 Å². The molecule has 0 spiro atoms. The second kappa shape index (κ2) is 3.71. The fourth-order valence-corrected chi connectivity index (χ4v) is 0.636. The summed E-state index contributed by atoms with van der Waals surface area (Å²) in [5.74, 6) is 0. The monoisotopic (exact) mass is 143 g/mol. The van der Waals surface area contributed by atoms with E-state index < -0.39 is 0 Å². The van der Waals surface area contributed by atoms with Gasteiger partial charge in [0.05, 0.1) is 0 Å². The van der Waals surface area contributed by atoms with Crippen LogP contribution in [0.25, 0.3) is 0 Å². The number of nitrogens with zero attached hydrogens (tertiary/aromatic N) is 1. The molecule has 0 rings (SSSR count). The Kier molecular flexibility index (Phi) is 3.58. The third-order valence-electron chi connectivity index (χ3n) is 2.08. The largest absolute Gasteiger partial charge is 0.304 e. The van der Waals surface area contributed by atoms with Gasteiger partial charge in [-0.1, -0.05) is 0 Å². The first kappa shape index (κ1) is 9.63. The van der Waals surface area contributed by atoms with Gasteiger partial charge in [0, 0.05) is 12.0 Å². The molecule has 0 aliphatic heterocycles. The van der Waals surface area contributed by atoms with Crippen LogP contribution in [-0.2, 0) is 4.79 Å². The Morgan fingerprint density at radius 1 is 1.40 bits per heavy atom. The normalized spacial score (nSPS) is 12.1. The Bertz CT molecular complexity index is 108. The van der Waals surface area contributed by atoms with E-state index in [2.05, 4.69) is 18.7 Å². The van der Waals surface area contributed by atoms with Crippen molar-refractivity contribution in [2.24, 2.45) is 0 Å². The van der Waals surface area contributed by atoms with E-state index >= 15 is 0 Å². The van der Waals surface area contributed by atoms with Gasteiger partial charge >= 0.3 is 0 Å². The van der Waals surface area contributed by atoms with Crippen LogP contribution < -0.4 is 0 Å². The minimum Gasteiger partial charge on any atom is -0.304 e. The van der Waals surface area contributed by atoms with E-state index in [9.17, 15) is 4.79 Å². The van der Waals surface area contributed by atoms with Crippen LogP contribution in [0.15, 0.2) is 0 Å². The number of carbonyl (C=O) groups excluding carboxylic acids is 1. The summed E-state index contributed by atoms with van der Waals surface area (Å²) < 4.78 is 0. The van der Waals surface area contributed by atoms with Crippen molar-refractivity contribution in [2.75, 3.05) is 14.1 Å². The van der Waals surface area contributed by atoms with Gasteiger partial charge in [-0.3, -0.25) is 0 Å². The van der Waals surface area contributed by atoms with Crippen molar-refractivity contribution in [2.45, 2.75) is 32.2 Å². The molecule has 2 heteroatoms. The molecular formula is C8H17NO. The Hall–Kier alpha value is -0.370. The number of carbonyl (C=O) groups is 1. The fourth-order valence-electron chi connectivity index (χ4n) is 0.636. The predicted molar refractivity (Wildman–Crippen MR) is 43.1 cm³/mol. The van der Waals surface area contributed by atoms with Gasteiger partial charge in [-0.15, -0.1) is 0 Å². The number of hydrogen-bond donors (Lipinski definition) is 0. The zero-order valence-corrected chi connectivity index (χ0v) is 7.35. The number of rotatable bonds is 4. The van der Waals surface area contributed by atoms with Crippen LogP contribution in [0, 0.1) is 0 Å². The third-order valence-corrected chi connectivity index (χ3v) is 2.08. The standard InChI is InChI=1S/C8H17NO/c1-8(2,9(3)4)6-5-7-10/h7H,5-6H2,1-4H3. The minimum absolute atomic E-state index is 0.154. The third kappa shape index (κ3) is 2.97. The summed E-state index contributed by atoms with van der Waals surface area (Å²) in [6.45, 7) is 4.27. The van der Waals surface area contributed by atoms with Crippen molar-refractivity contribution in [3.63, 3.8) is 0 Å². The van der Waals surface area contributed by atoms with Crippen molar-refractivity contribution in [3.05, 3.63) is 0 Å². The number of hydrogen-bond acceptors (Lipinski definition) is 2. The maximum absolute atomic E-state index is 10.1. The smallest absolute Gasteiger partial charge is 0.120 e. The lowest BCUT2D eigenvalue weighted by molar-refractivity contribution is -0.108. The molecule has 0 aromatic rings. The molecule has 0 saturated carbocycles. The van der Waals surface area contributed by atoms with Gasteiger partial charge in [0.1, 0.15) is 6.29 Å². The summed E-state index contributed by atoms with van der Waals surface area (Å²) in [4.78, 5) is 12.2. The summed E-state index contributed by atoms with van der Waals surface area (Å²) in [7, 11) is 4.07. The lowest BCUT2D eigenvalue weighted by Crippen LogP contribution is -2.37. The van der Waals surface area contributed by atoms with Crippen LogP contribution in [0.5, 0.6) is 0 Å². The minimum atomic E-state index is 0.154. The number of aldehydes is 1. The molecule has 0 bridgehead atoms. The molecule has 0 fully saturated rings. The van der Waals surface area contributed by atoms with Gasteiger partial charge in [0.2, 0.25) is 0 Å². The highest BCUT2D eigenvalue weighted by Gasteiger charge is 2.18. The van der Waals surface area contributed by atoms with Crippen molar-refractivity contribution in [1.29, 1.82) is 0 Å². The van der Waals surface area contributed by atoms with Gasteiger partial charge in [-0.2, -0.15) is 0 Å². The average Bonchev–Trinajstić information content (AvgIpc) is 1.84. The molecule has 0 heterocycles. The fraction of sp³-hybridized carbons (Fsp3) is 0.875. The summed E-state index contributed by atoms with van der Waals surface area (Å²) in [5.41, 5.74) is 0.154. The second-order valence-electron chi connectivity index (χ2n) is 3.41. The van der Waals surface area contributed by atoms with E-state index in [1.807, 2.05) is 14.1 Å². The average molecular weight is 143 g/mol. The Balaban J connectivity index is 3.74. The van der Waals surface area contributed by atoms with Crippen LogP contribution in [0.2, 0.25) is 0 Å². The first-order valence-corrected chi connectivity index (χ1v) is 3.62. The molecule has 2 nitrogen and oxygen atoms in total. The molecular weight excluding hydrogens is 126 g/mol. The topological polar surface area (TPSA) is 20.3 Å². The molecule has 0 aromatic heterocycles. The van der Waals surface area contributed by atoms with E-state index in [0.717, 1.165) is 12.7 Å². The molecule has 0 aliphatic carbocycles. The molecule has 0 amide bonds. The van der Waals surface area contributed by atoms with Gasteiger partial charge in [-0.25, -0.2) is 0 Å². The first-order valence-electron chi connectivity index (χ1n) is 3.62. The second-order valence-corrected chi connectivity index (χ2v) is 3.41. The highest BCUT2D eigenvalue weighted by atomic mass is 16.1. The summed E-state index contributed by atoms with van der Waals surface area (Å²) in [6, 6.07) is 0. The van der Waals surface area contributed by atoms with Crippen molar-refractivity contribution in [1.82, 2.24) is 4.90 Å². The zero-order chi connectivity index (χ0) is 8.20. The summed E-state index contributed by atoms with van der Waals surface area (Å²) >= 11 is 0. The molecule has 60 valence electrons. The van der Waals surface area contributed by atoms with E-state index in [-0.39, 0.29) is 5.54 Å². The van der Waals surface area contributed by atoms with E-state index in [1.165, 1.54) is 0 Å². The molecule has 0 aromatic carbocycles. The first-order chi connectivity index (χ1) is 4.50. The quantitative estimate of drug-likeness (QED) is 0.553. The van der Waals surface area contributed by atoms with Crippen molar-refractivity contribution in [3.8, 4) is 0 Å². The van der Waals surface area contributed by atoms with E-state index in [4.69, 9.17) is 0 Å². The molecule has 0 unspecified atom stereocenters. The van der Waals surface area contributed by atoms with Gasteiger partial charge in [-0.05, 0) is 34.4 Å². The highest BCUT2D eigenvalue weighted by Crippen LogP contribution is 2.15.